The maximum atomic E-state index is 10.6. The molecule has 0 aliphatic carbocycles. The number of aromatic nitrogens is 1. The molecule has 0 bridgehead atoms. The predicted octanol–water partition coefficient (Wildman–Crippen LogP) is 2.39. The normalized spacial score (nSPS) is 10.8. The largest absolute Gasteiger partial charge is 0.506 e. The Hall–Kier alpha value is -1.29. The standard InChI is InChI=1S/C11H13NO2S/c1-8-5-6-11(14)10(12-8)4-3-7-15-9(2)13/h3-6,14H,7H2,1-2H3. The summed E-state index contributed by atoms with van der Waals surface area (Å²) in [5.74, 6) is 0.759. The lowest BCUT2D eigenvalue weighted by molar-refractivity contribution is -0.109. The maximum absolute atomic E-state index is 10.6. The van der Waals surface area contributed by atoms with E-state index in [0.717, 1.165) is 5.69 Å². The summed E-state index contributed by atoms with van der Waals surface area (Å²) in [5, 5.41) is 9.54. The average Bonchev–Trinajstić information content (AvgIpc) is 2.17. The highest BCUT2D eigenvalue weighted by Gasteiger charge is 1.98. The van der Waals surface area contributed by atoms with Crippen LogP contribution in [-0.4, -0.2) is 21.0 Å². The van der Waals surface area contributed by atoms with Gasteiger partial charge in [-0.25, -0.2) is 4.98 Å². The van der Waals surface area contributed by atoms with Crippen molar-refractivity contribution < 1.29 is 9.90 Å². The van der Waals surface area contributed by atoms with Crippen molar-refractivity contribution in [2.45, 2.75) is 13.8 Å². The number of thioether (sulfide) groups is 1. The number of hydrogen-bond donors (Lipinski definition) is 1. The van der Waals surface area contributed by atoms with Crippen molar-refractivity contribution in [2.24, 2.45) is 0 Å². The summed E-state index contributed by atoms with van der Waals surface area (Å²) in [6.07, 6.45) is 3.53. The van der Waals surface area contributed by atoms with Gasteiger partial charge in [-0.15, -0.1) is 0 Å². The second-order valence-corrected chi connectivity index (χ2v) is 4.26. The zero-order valence-electron chi connectivity index (χ0n) is 8.73. The van der Waals surface area contributed by atoms with Crippen molar-refractivity contribution >= 4 is 23.0 Å². The van der Waals surface area contributed by atoms with Crippen LogP contribution in [0, 0.1) is 6.92 Å². The van der Waals surface area contributed by atoms with E-state index >= 15 is 0 Å². The number of nitrogens with zero attached hydrogens (tertiary/aromatic N) is 1. The number of carbonyl (C=O) groups is 1. The maximum Gasteiger partial charge on any atom is 0.186 e. The molecule has 15 heavy (non-hydrogen) atoms. The van der Waals surface area contributed by atoms with Gasteiger partial charge in [0, 0.05) is 18.4 Å². The minimum atomic E-state index is 0.0843. The van der Waals surface area contributed by atoms with Gasteiger partial charge in [-0.3, -0.25) is 4.79 Å². The van der Waals surface area contributed by atoms with E-state index in [-0.39, 0.29) is 10.9 Å². The first kappa shape index (κ1) is 11.8. The van der Waals surface area contributed by atoms with E-state index in [1.807, 2.05) is 13.0 Å². The van der Waals surface area contributed by atoms with Crippen molar-refractivity contribution in [3.05, 3.63) is 29.6 Å². The molecule has 0 spiro atoms. The summed E-state index contributed by atoms with van der Waals surface area (Å²) >= 11 is 1.23. The van der Waals surface area contributed by atoms with Gasteiger partial charge in [0.1, 0.15) is 11.4 Å². The van der Waals surface area contributed by atoms with Crippen LogP contribution in [0.4, 0.5) is 0 Å². The van der Waals surface area contributed by atoms with Crippen molar-refractivity contribution in [3.8, 4) is 5.75 Å². The molecule has 0 saturated carbocycles. The third-order valence-corrected chi connectivity index (χ3v) is 2.47. The van der Waals surface area contributed by atoms with E-state index in [9.17, 15) is 9.90 Å². The van der Waals surface area contributed by atoms with E-state index in [0.29, 0.717) is 11.4 Å². The number of aryl methyl sites for hydroxylation is 1. The van der Waals surface area contributed by atoms with Crippen LogP contribution in [0.15, 0.2) is 18.2 Å². The summed E-state index contributed by atoms with van der Waals surface area (Å²) in [6, 6.07) is 3.36. The zero-order valence-corrected chi connectivity index (χ0v) is 9.54. The van der Waals surface area contributed by atoms with E-state index in [4.69, 9.17) is 0 Å². The first-order chi connectivity index (χ1) is 7.09. The molecule has 0 aromatic carbocycles. The van der Waals surface area contributed by atoms with Crippen LogP contribution in [-0.2, 0) is 4.79 Å². The molecule has 1 aromatic heterocycles. The number of carbonyl (C=O) groups excluding carboxylic acids is 1. The van der Waals surface area contributed by atoms with E-state index < -0.39 is 0 Å². The van der Waals surface area contributed by atoms with Gasteiger partial charge < -0.3 is 5.11 Å². The van der Waals surface area contributed by atoms with Crippen LogP contribution in [0.5, 0.6) is 5.75 Å². The first-order valence-electron chi connectivity index (χ1n) is 4.56. The molecule has 0 aliphatic heterocycles. The van der Waals surface area contributed by atoms with Gasteiger partial charge in [0.15, 0.2) is 5.12 Å². The molecule has 0 unspecified atom stereocenters. The number of pyridine rings is 1. The van der Waals surface area contributed by atoms with E-state index in [1.165, 1.54) is 18.7 Å². The highest BCUT2D eigenvalue weighted by atomic mass is 32.2. The van der Waals surface area contributed by atoms with Crippen LogP contribution in [0.1, 0.15) is 18.3 Å². The molecule has 0 amide bonds. The predicted molar refractivity (Wildman–Crippen MR) is 62.8 cm³/mol. The Morgan fingerprint density at radius 3 is 3.00 bits per heavy atom. The molecule has 3 nitrogen and oxygen atoms in total. The van der Waals surface area contributed by atoms with Crippen LogP contribution >= 0.6 is 11.8 Å². The summed E-state index contributed by atoms with van der Waals surface area (Å²) < 4.78 is 0. The molecular formula is C11H13NO2S. The van der Waals surface area contributed by atoms with Crippen molar-refractivity contribution in [1.82, 2.24) is 4.98 Å². The molecule has 0 aliphatic rings. The molecule has 0 radical (unpaired) electrons. The highest BCUT2D eigenvalue weighted by Crippen LogP contribution is 2.16. The lowest BCUT2D eigenvalue weighted by atomic mass is 10.2. The minimum Gasteiger partial charge on any atom is -0.506 e. The summed E-state index contributed by atoms with van der Waals surface area (Å²) in [6.45, 7) is 3.39. The van der Waals surface area contributed by atoms with Crippen molar-refractivity contribution in [1.29, 1.82) is 0 Å². The van der Waals surface area contributed by atoms with Gasteiger partial charge >= 0.3 is 0 Å². The van der Waals surface area contributed by atoms with Gasteiger partial charge in [-0.2, -0.15) is 0 Å². The smallest absolute Gasteiger partial charge is 0.186 e. The summed E-state index contributed by atoms with van der Waals surface area (Å²) in [7, 11) is 0. The third kappa shape index (κ3) is 4.16. The SMILES string of the molecule is CC(=O)SCC=Cc1nc(C)ccc1O. The molecule has 4 heteroatoms. The molecule has 1 aromatic rings. The number of aromatic hydroxyl groups is 1. The van der Waals surface area contributed by atoms with Gasteiger partial charge in [0.2, 0.25) is 0 Å². The molecular weight excluding hydrogens is 210 g/mol. The fourth-order valence-electron chi connectivity index (χ4n) is 1.02. The zero-order chi connectivity index (χ0) is 11.3. The molecule has 1 rings (SSSR count). The Bertz CT molecular complexity index is 388. The molecule has 0 atom stereocenters. The third-order valence-electron chi connectivity index (χ3n) is 1.70. The van der Waals surface area contributed by atoms with Crippen molar-refractivity contribution in [2.75, 3.05) is 5.75 Å². The van der Waals surface area contributed by atoms with E-state index in [2.05, 4.69) is 4.98 Å². The molecule has 0 fully saturated rings. The second kappa shape index (κ2) is 5.56. The Morgan fingerprint density at radius 2 is 2.33 bits per heavy atom. The van der Waals surface area contributed by atoms with Crippen LogP contribution in [0.25, 0.3) is 6.08 Å². The topological polar surface area (TPSA) is 50.2 Å². The first-order valence-corrected chi connectivity index (χ1v) is 5.54. The molecule has 0 saturated heterocycles. The number of rotatable bonds is 3. The van der Waals surface area contributed by atoms with Crippen molar-refractivity contribution in [3.63, 3.8) is 0 Å². The fourth-order valence-corrected chi connectivity index (χ4v) is 1.44. The Labute approximate surface area is 93.2 Å². The molecule has 1 N–H and O–H groups in total. The van der Waals surface area contributed by atoms with Gasteiger partial charge in [0.05, 0.1) is 0 Å². The second-order valence-electron chi connectivity index (χ2n) is 3.06. The van der Waals surface area contributed by atoms with Gasteiger partial charge in [-0.05, 0) is 25.1 Å². The molecule has 80 valence electrons. The highest BCUT2D eigenvalue weighted by molar-refractivity contribution is 8.13. The van der Waals surface area contributed by atoms with Gasteiger partial charge in [-0.1, -0.05) is 17.8 Å². The quantitative estimate of drug-likeness (QED) is 0.854. The minimum absolute atomic E-state index is 0.0843. The fraction of sp³-hybridized carbons (Fsp3) is 0.273. The lowest BCUT2D eigenvalue weighted by Crippen LogP contribution is -1.86. The van der Waals surface area contributed by atoms with Crippen LogP contribution < -0.4 is 0 Å². The Balaban J connectivity index is 2.63. The summed E-state index contributed by atoms with van der Waals surface area (Å²) in [5.41, 5.74) is 1.39. The Kier molecular flexibility index (Phi) is 4.37. The summed E-state index contributed by atoms with van der Waals surface area (Å²) in [4.78, 5) is 14.8. The monoisotopic (exact) mass is 223 g/mol. The number of hydrogen-bond acceptors (Lipinski definition) is 4. The van der Waals surface area contributed by atoms with Gasteiger partial charge in [0.25, 0.3) is 0 Å². The van der Waals surface area contributed by atoms with Crippen LogP contribution in [0.3, 0.4) is 0 Å². The van der Waals surface area contributed by atoms with E-state index in [1.54, 1.807) is 18.2 Å². The average molecular weight is 223 g/mol. The lowest BCUT2D eigenvalue weighted by Gasteiger charge is -1.99. The molecule has 1 heterocycles. The Morgan fingerprint density at radius 1 is 1.60 bits per heavy atom. The van der Waals surface area contributed by atoms with Crippen LogP contribution in [0.2, 0.25) is 0 Å².